The summed E-state index contributed by atoms with van der Waals surface area (Å²) in [5, 5.41) is 27.9. The molecule has 21 heavy (non-hydrogen) atoms. The minimum Gasteiger partial charge on any atom is -0.389 e. The summed E-state index contributed by atoms with van der Waals surface area (Å²) >= 11 is 9.20. The molecule has 0 aliphatic rings. The van der Waals surface area contributed by atoms with Crippen molar-refractivity contribution in [1.82, 2.24) is 9.78 Å². The van der Waals surface area contributed by atoms with Gasteiger partial charge in [-0.1, -0.05) is 11.6 Å². The molecule has 1 atom stereocenters. The van der Waals surface area contributed by atoms with Gasteiger partial charge in [0.15, 0.2) is 0 Å². The first-order chi connectivity index (χ1) is 9.95. The van der Waals surface area contributed by atoms with Gasteiger partial charge in [-0.25, -0.2) is 0 Å². The molecule has 1 aromatic heterocycles. The highest BCUT2D eigenvalue weighted by molar-refractivity contribution is 9.10. The van der Waals surface area contributed by atoms with Crippen LogP contribution in [-0.4, -0.2) is 32.5 Å². The molecule has 0 aliphatic carbocycles. The van der Waals surface area contributed by atoms with Crippen molar-refractivity contribution >= 4 is 38.9 Å². The first kappa shape index (κ1) is 15.7. The van der Waals surface area contributed by atoms with Crippen molar-refractivity contribution in [3.8, 4) is 0 Å². The Balaban J connectivity index is 1.89. The first-order valence-electron chi connectivity index (χ1n) is 5.99. The Morgan fingerprint density at radius 3 is 2.95 bits per heavy atom. The van der Waals surface area contributed by atoms with Crippen LogP contribution in [0, 0.1) is 10.1 Å². The van der Waals surface area contributed by atoms with Crippen LogP contribution >= 0.6 is 27.5 Å². The van der Waals surface area contributed by atoms with Crippen LogP contribution in [0.3, 0.4) is 0 Å². The number of anilines is 1. The van der Waals surface area contributed by atoms with E-state index in [0.717, 1.165) is 16.4 Å². The highest BCUT2D eigenvalue weighted by atomic mass is 79.9. The normalized spacial score (nSPS) is 12.1. The molecule has 0 fully saturated rings. The molecular formula is C12H12BrClN4O3. The minimum atomic E-state index is -0.743. The summed E-state index contributed by atoms with van der Waals surface area (Å²) < 4.78 is 2.12. The molecule has 0 saturated carbocycles. The van der Waals surface area contributed by atoms with E-state index >= 15 is 0 Å². The fourth-order valence-electron chi connectivity index (χ4n) is 1.69. The molecule has 2 N–H and O–H groups in total. The zero-order valence-corrected chi connectivity index (χ0v) is 13.1. The molecule has 0 saturated heterocycles. The van der Waals surface area contributed by atoms with Gasteiger partial charge in [0, 0.05) is 21.7 Å². The van der Waals surface area contributed by atoms with E-state index in [2.05, 4.69) is 26.3 Å². The van der Waals surface area contributed by atoms with Gasteiger partial charge in [0.2, 0.25) is 0 Å². The lowest BCUT2D eigenvalue weighted by molar-refractivity contribution is -0.385. The maximum absolute atomic E-state index is 10.5. The predicted molar refractivity (Wildman–Crippen MR) is 82.5 cm³/mol. The number of aromatic nitrogens is 2. The van der Waals surface area contributed by atoms with Crippen molar-refractivity contribution < 1.29 is 10.0 Å². The average molecular weight is 376 g/mol. The van der Waals surface area contributed by atoms with E-state index in [4.69, 9.17) is 11.6 Å². The monoisotopic (exact) mass is 374 g/mol. The molecule has 2 aromatic rings. The zero-order chi connectivity index (χ0) is 15.4. The Kier molecular flexibility index (Phi) is 5.16. The number of aliphatic hydroxyl groups is 1. The Hall–Kier alpha value is -1.64. The molecule has 0 aliphatic heterocycles. The number of halogens is 2. The van der Waals surface area contributed by atoms with Gasteiger partial charge in [0.1, 0.15) is 12.4 Å². The maximum Gasteiger partial charge on any atom is 0.306 e. The molecule has 1 unspecified atom stereocenters. The number of hydrogen-bond acceptors (Lipinski definition) is 5. The number of nitrogens with one attached hydrogen (secondary N) is 1. The van der Waals surface area contributed by atoms with E-state index in [1.807, 2.05) is 0 Å². The Morgan fingerprint density at radius 2 is 2.33 bits per heavy atom. The fraction of sp³-hybridized carbons (Fsp3) is 0.250. The summed E-state index contributed by atoms with van der Waals surface area (Å²) in [4.78, 5) is 10.0. The predicted octanol–water partition coefficient (Wildman–Crippen LogP) is 2.68. The molecular weight excluding hydrogens is 364 g/mol. The highest BCUT2D eigenvalue weighted by Crippen LogP contribution is 2.25. The zero-order valence-electron chi connectivity index (χ0n) is 10.7. The van der Waals surface area contributed by atoms with Crippen LogP contribution in [0.15, 0.2) is 35.1 Å². The van der Waals surface area contributed by atoms with Crippen LogP contribution in [0.4, 0.5) is 11.4 Å². The van der Waals surface area contributed by atoms with Crippen LogP contribution < -0.4 is 5.32 Å². The van der Waals surface area contributed by atoms with Crippen LogP contribution in [0.2, 0.25) is 5.02 Å². The molecule has 2 rings (SSSR count). The third-order valence-electron chi connectivity index (χ3n) is 2.69. The molecule has 1 heterocycles. The number of benzene rings is 1. The fourth-order valence-corrected chi connectivity index (χ4v) is 2.51. The van der Waals surface area contributed by atoms with Crippen molar-refractivity contribution in [3.05, 3.63) is 50.2 Å². The molecule has 0 amide bonds. The molecule has 0 spiro atoms. The topological polar surface area (TPSA) is 93.2 Å². The largest absolute Gasteiger partial charge is 0.389 e. The van der Waals surface area contributed by atoms with Crippen molar-refractivity contribution in [2.45, 2.75) is 12.6 Å². The quantitative estimate of drug-likeness (QED) is 0.598. The Morgan fingerprint density at radius 1 is 1.57 bits per heavy atom. The van der Waals surface area contributed by atoms with Crippen molar-refractivity contribution in [1.29, 1.82) is 0 Å². The van der Waals surface area contributed by atoms with Gasteiger partial charge >= 0.3 is 5.69 Å². The van der Waals surface area contributed by atoms with Gasteiger partial charge < -0.3 is 10.4 Å². The summed E-state index contributed by atoms with van der Waals surface area (Å²) in [6.45, 7) is 0.430. The highest BCUT2D eigenvalue weighted by Gasteiger charge is 2.12. The summed E-state index contributed by atoms with van der Waals surface area (Å²) in [5.41, 5.74) is 0.695. The van der Waals surface area contributed by atoms with Gasteiger partial charge in [-0.15, -0.1) is 0 Å². The molecule has 9 heteroatoms. The lowest BCUT2D eigenvalue weighted by Gasteiger charge is -2.14. The van der Waals surface area contributed by atoms with E-state index in [-0.39, 0.29) is 18.8 Å². The van der Waals surface area contributed by atoms with Gasteiger partial charge in [-0.2, -0.15) is 5.10 Å². The van der Waals surface area contributed by atoms with E-state index in [0.29, 0.717) is 5.02 Å². The van der Waals surface area contributed by atoms with E-state index in [9.17, 15) is 15.2 Å². The van der Waals surface area contributed by atoms with E-state index < -0.39 is 11.0 Å². The smallest absolute Gasteiger partial charge is 0.306 e. The lowest BCUT2D eigenvalue weighted by Crippen LogP contribution is -2.25. The van der Waals surface area contributed by atoms with Gasteiger partial charge in [0.05, 0.1) is 17.6 Å². The summed E-state index contributed by atoms with van der Waals surface area (Å²) in [6.07, 6.45) is 1.68. The van der Waals surface area contributed by atoms with Gasteiger partial charge in [-0.3, -0.25) is 14.8 Å². The van der Waals surface area contributed by atoms with Crippen LogP contribution in [0.5, 0.6) is 0 Å². The number of nitro groups is 1. The van der Waals surface area contributed by atoms with E-state index in [1.165, 1.54) is 10.9 Å². The molecule has 0 radical (unpaired) electrons. The molecule has 1 aromatic carbocycles. The second-order valence-corrected chi connectivity index (χ2v) is 5.63. The summed E-state index contributed by atoms with van der Waals surface area (Å²) in [7, 11) is 0. The second kappa shape index (κ2) is 6.88. The van der Waals surface area contributed by atoms with Crippen LogP contribution in [0.1, 0.15) is 0 Å². The van der Waals surface area contributed by atoms with Crippen LogP contribution in [-0.2, 0) is 6.54 Å². The molecule has 7 nitrogen and oxygen atoms in total. The number of aliphatic hydroxyl groups excluding tert-OH is 1. The summed E-state index contributed by atoms with van der Waals surface area (Å²) in [5.74, 6) is 0. The number of rotatable bonds is 6. The Bertz CT molecular complexity index is 649. The lowest BCUT2D eigenvalue weighted by atomic mass is 10.3. The second-order valence-electron chi connectivity index (χ2n) is 4.34. The minimum absolute atomic E-state index is 0.101. The first-order valence-corrected chi connectivity index (χ1v) is 7.16. The number of nitrogens with zero attached hydrogens (tertiary/aromatic N) is 3. The Labute approximate surface area is 133 Å². The summed E-state index contributed by atoms with van der Waals surface area (Å²) in [6, 6.07) is 5.27. The van der Waals surface area contributed by atoms with Crippen LogP contribution in [0.25, 0.3) is 0 Å². The van der Waals surface area contributed by atoms with Gasteiger partial charge in [0.25, 0.3) is 0 Å². The van der Waals surface area contributed by atoms with Crippen molar-refractivity contribution in [3.63, 3.8) is 0 Å². The standard InChI is InChI=1S/C12H12BrClN4O3/c13-11-3-8(14)1-2-12(11)15-5-10(19)7-17-6-9(4-16-17)18(20)21/h1-4,6,10,15,19H,5,7H2. The van der Waals surface area contributed by atoms with Crippen molar-refractivity contribution in [2.24, 2.45) is 0 Å². The van der Waals surface area contributed by atoms with E-state index in [1.54, 1.807) is 18.2 Å². The van der Waals surface area contributed by atoms with Crippen molar-refractivity contribution in [2.75, 3.05) is 11.9 Å². The average Bonchev–Trinajstić information content (AvgIpc) is 2.86. The molecule has 112 valence electrons. The third-order valence-corrected chi connectivity index (χ3v) is 3.58. The SMILES string of the molecule is O=[N+]([O-])c1cnn(CC(O)CNc2ccc(Cl)cc2Br)c1. The maximum atomic E-state index is 10.5. The molecule has 0 bridgehead atoms. The third kappa shape index (κ3) is 4.42. The van der Waals surface area contributed by atoms with Gasteiger partial charge in [-0.05, 0) is 34.1 Å². The number of hydrogen-bond donors (Lipinski definition) is 2.